The number of esters is 1. The molecule has 2 aromatic heterocycles. The largest absolute Gasteiger partial charge is 0.460 e. The van der Waals surface area contributed by atoms with Crippen LogP contribution in [-0.2, 0) is 4.74 Å². The van der Waals surface area contributed by atoms with Gasteiger partial charge in [0.2, 0.25) is 5.82 Å². The molecule has 0 aliphatic carbocycles. The van der Waals surface area contributed by atoms with Crippen LogP contribution in [0.2, 0.25) is 5.15 Å². The van der Waals surface area contributed by atoms with E-state index in [1.165, 1.54) is 6.20 Å². The van der Waals surface area contributed by atoms with E-state index in [9.17, 15) is 9.59 Å². The summed E-state index contributed by atoms with van der Waals surface area (Å²) in [5.41, 5.74) is 0.283. The first-order valence-corrected chi connectivity index (χ1v) is 7.31. The lowest BCUT2D eigenvalue weighted by molar-refractivity contribution is 0.0508. The molecule has 0 saturated carbocycles. The van der Waals surface area contributed by atoms with Crippen LogP contribution in [0.15, 0.2) is 47.4 Å². The van der Waals surface area contributed by atoms with Crippen LogP contribution in [0.4, 0.5) is 0 Å². The second-order valence-electron chi connectivity index (χ2n) is 4.63. The van der Waals surface area contributed by atoms with Crippen LogP contribution in [-0.4, -0.2) is 27.1 Å². The Hall–Kier alpha value is -2.73. The maximum Gasteiger partial charge on any atom is 0.375 e. The number of hydrogen-bond donors (Lipinski definition) is 0. The van der Waals surface area contributed by atoms with Crippen LogP contribution in [0.1, 0.15) is 17.5 Å². The predicted molar refractivity (Wildman–Crippen MR) is 86.1 cm³/mol. The molecule has 116 valence electrons. The molecule has 0 spiro atoms. The normalized spacial score (nSPS) is 10.7. The first-order chi connectivity index (χ1) is 11.1. The molecular weight excluding hydrogens is 318 g/mol. The Bertz CT molecular complexity index is 953. The van der Waals surface area contributed by atoms with Crippen molar-refractivity contribution < 1.29 is 9.53 Å². The fraction of sp³-hybridized carbons (Fsp3) is 0.125. The van der Waals surface area contributed by atoms with Gasteiger partial charge >= 0.3 is 5.97 Å². The van der Waals surface area contributed by atoms with Gasteiger partial charge in [-0.05, 0) is 31.2 Å². The van der Waals surface area contributed by atoms with Crippen LogP contribution >= 0.6 is 11.6 Å². The summed E-state index contributed by atoms with van der Waals surface area (Å²) >= 11 is 6.08. The van der Waals surface area contributed by atoms with Crippen molar-refractivity contribution >= 4 is 28.5 Å². The molecule has 0 aliphatic rings. The van der Waals surface area contributed by atoms with E-state index < -0.39 is 11.5 Å². The molecule has 0 atom stereocenters. The highest BCUT2D eigenvalue weighted by Gasteiger charge is 2.21. The summed E-state index contributed by atoms with van der Waals surface area (Å²) in [6.07, 6.45) is 1.50. The van der Waals surface area contributed by atoms with Crippen molar-refractivity contribution in [1.82, 2.24) is 14.5 Å². The summed E-state index contributed by atoms with van der Waals surface area (Å²) in [5.74, 6) is -0.833. The molecule has 6 nitrogen and oxygen atoms in total. The number of nitrogens with zero attached hydrogens (tertiary/aromatic N) is 3. The van der Waals surface area contributed by atoms with Crippen molar-refractivity contribution in [2.75, 3.05) is 6.61 Å². The van der Waals surface area contributed by atoms with Crippen molar-refractivity contribution in [3.05, 3.63) is 63.9 Å². The smallest absolute Gasteiger partial charge is 0.375 e. The molecule has 1 aromatic carbocycles. The fourth-order valence-corrected chi connectivity index (χ4v) is 2.44. The SMILES string of the molecule is CCOC(=O)c1nc2ccccc2c(=O)n1-c1cccnc1Cl. The zero-order valence-corrected chi connectivity index (χ0v) is 12.9. The first kappa shape index (κ1) is 15.2. The Morgan fingerprint density at radius 2 is 2.04 bits per heavy atom. The van der Waals surface area contributed by atoms with E-state index in [1.54, 1.807) is 43.3 Å². The molecule has 3 aromatic rings. The molecule has 0 bridgehead atoms. The molecule has 0 radical (unpaired) electrons. The second-order valence-corrected chi connectivity index (χ2v) is 4.98. The van der Waals surface area contributed by atoms with Crippen molar-refractivity contribution in [3.8, 4) is 5.69 Å². The Balaban J connectivity index is 2.40. The van der Waals surface area contributed by atoms with Gasteiger partial charge in [-0.3, -0.25) is 9.36 Å². The number of benzene rings is 1. The highest BCUT2D eigenvalue weighted by Crippen LogP contribution is 2.19. The zero-order chi connectivity index (χ0) is 16.4. The minimum Gasteiger partial charge on any atom is -0.460 e. The van der Waals surface area contributed by atoms with Gasteiger partial charge in [-0.2, -0.15) is 0 Å². The molecule has 0 N–H and O–H groups in total. The quantitative estimate of drug-likeness (QED) is 0.545. The summed E-state index contributed by atoms with van der Waals surface area (Å²) in [6, 6.07) is 9.98. The minimum atomic E-state index is -0.699. The van der Waals surface area contributed by atoms with Crippen molar-refractivity contribution in [2.24, 2.45) is 0 Å². The highest BCUT2D eigenvalue weighted by molar-refractivity contribution is 6.31. The third kappa shape index (κ3) is 2.68. The number of ether oxygens (including phenoxy) is 1. The number of carbonyl (C=O) groups is 1. The third-order valence-electron chi connectivity index (χ3n) is 3.21. The van der Waals surface area contributed by atoms with Crippen molar-refractivity contribution in [2.45, 2.75) is 6.92 Å². The Morgan fingerprint density at radius 1 is 1.26 bits per heavy atom. The lowest BCUT2D eigenvalue weighted by Crippen LogP contribution is -2.28. The summed E-state index contributed by atoms with van der Waals surface area (Å²) < 4.78 is 6.14. The first-order valence-electron chi connectivity index (χ1n) is 6.93. The molecule has 0 fully saturated rings. The maximum absolute atomic E-state index is 12.8. The van der Waals surface area contributed by atoms with Gasteiger partial charge in [0, 0.05) is 6.20 Å². The van der Waals surface area contributed by atoms with Gasteiger partial charge < -0.3 is 4.74 Å². The number of pyridine rings is 1. The number of aromatic nitrogens is 3. The van der Waals surface area contributed by atoms with Gasteiger partial charge in [0.1, 0.15) is 0 Å². The average Bonchev–Trinajstić information content (AvgIpc) is 2.56. The molecule has 0 amide bonds. The van der Waals surface area contributed by atoms with Crippen molar-refractivity contribution in [3.63, 3.8) is 0 Å². The van der Waals surface area contributed by atoms with E-state index >= 15 is 0 Å². The summed E-state index contributed by atoms with van der Waals surface area (Å²) in [6.45, 7) is 1.85. The fourth-order valence-electron chi connectivity index (χ4n) is 2.23. The summed E-state index contributed by atoms with van der Waals surface area (Å²) in [4.78, 5) is 33.3. The standard InChI is InChI=1S/C16H12ClN3O3/c1-2-23-16(22)14-19-11-7-4-3-6-10(11)15(21)20(14)12-8-5-9-18-13(12)17/h3-9H,2H2,1H3. The zero-order valence-electron chi connectivity index (χ0n) is 12.2. The molecule has 0 unspecified atom stereocenters. The number of para-hydroxylation sites is 1. The molecular formula is C16H12ClN3O3. The van der Waals surface area contributed by atoms with E-state index in [0.717, 1.165) is 4.57 Å². The van der Waals surface area contributed by atoms with Crippen LogP contribution < -0.4 is 5.56 Å². The van der Waals surface area contributed by atoms with Crippen LogP contribution in [0, 0.1) is 0 Å². The van der Waals surface area contributed by atoms with Gasteiger partial charge in [0.05, 0.1) is 23.2 Å². The van der Waals surface area contributed by atoms with E-state index in [1.807, 2.05) is 0 Å². The molecule has 23 heavy (non-hydrogen) atoms. The van der Waals surface area contributed by atoms with Gasteiger partial charge in [0.15, 0.2) is 5.15 Å². The van der Waals surface area contributed by atoms with E-state index in [-0.39, 0.29) is 23.3 Å². The van der Waals surface area contributed by atoms with Crippen LogP contribution in [0.3, 0.4) is 0 Å². The summed E-state index contributed by atoms with van der Waals surface area (Å²) in [7, 11) is 0. The molecule has 7 heteroatoms. The highest BCUT2D eigenvalue weighted by atomic mass is 35.5. The molecule has 2 heterocycles. The van der Waals surface area contributed by atoms with E-state index in [0.29, 0.717) is 10.9 Å². The van der Waals surface area contributed by atoms with Gasteiger partial charge in [-0.1, -0.05) is 23.7 Å². The molecule has 0 aliphatic heterocycles. The minimum absolute atomic E-state index is 0.0947. The van der Waals surface area contributed by atoms with E-state index in [4.69, 9.17) is 16.3 Å². The van der Waals surface area contributed by atoms with Crippen LogP contribution in [0.5, 0.6) is 0 Å². The monoisotopic (exact) mass is 329 g/mol. The Labute approximate surface area is 136 Å². The van der Waals surface area contributed by atoms with E-state index in [2.05, 4.69) is 9.97 Å². The Morgan fingerprint density at radius 3 is 2.78 bits per heavy atom. The Kier molecular flexibility index (Phi) is 4.08. The van der Waals surface area contributed by atoms with Gasteiger partial charge in [-0.15, -0.1) is 0 Å². The topological polar surface area (TPSA) is 74.1 Å². The third-order valence-corrected chi connectivity index (χ3v) is 3.51. The van der Waals surface area contributed by atoms with Crippen LogP contribution in [0.25, 0.3) is 16.6 Å². The van der Waals surface area contributed by atoms with Crippen molar-refractivity contribution in [1.29, 1.82) is 0 Å². The number of rotatable bonds is 3. The lowest BCUT2D eigenvalue weighted by atomic mass is 10.2. The second kappa shape index (κ2) is 6.18. The van der Waals surface area contributed by atoms with Gasteiger partial charge in [-0.25, -0.2) is 14.8 Å². The van der Waals surface area contributed by atoms with Gasteiger partial charge in [0.25, 0.3) is 5.56 Å². The molecule has 0 saturated heterocycles. The predicted octanol–water partition coefficient (Wildman–Crippen LogP) is 2.61. The lowest BCUT2D eigenvalue weighted by Gasteiger charge is -2.13. The molecule has 3 rings (SSSR count). The number of fused-ring (bicyclic) bond motifs is 1. The number of carbonyl (C=O) groups excluding carboxylic acids is 1. The number of halogens is 1. The summed E-state index contributed by atoms with van der Waals surface area (Å²) in [5, 5.41) is 0.470. The number of hydrogen-bond acceptors (Lipinski definition) is 5. The average molecular weight is 330 g/mol. The maximum atomic E-state index is 12.8.